The topological polar surface area (TPSA) is 111 Å². The summed E-state index contributed by atoms with van der Waals surface area (Å²) in [6.07, 6.45) is 2.30. The van der Waals surface area contributed by atoms with E-state index in [4.69, 9.17) is 9.57 Å². The number of benzene rings is 1. The number of amides is 2. The molecule has 0 aromatic heterocycles. The summed E-state index contributed by atoms with van der Waals surface area (Å²) in [7, 11) is 1.18. The summed E-state index contributed by atoms with van der Waals surface area (Å²) in [6, 6.07) is 8.20. The largest absolute Gasteiger partial charge is 0.466 e. The fraction of sp³-hybridized carbons (Fsp3) is 0.429. The van der Waals surface area contributed by atoms with Gasteiger partial charge in [0.25, 0.3) is 5.91 Å². The predicted octanol–water partition coefficient (Wildman–Crippen LogP) is 2.62. The summed E-state index contributed by atoms with van der Waals surface area (Å²) in [5, 5.41) is 3.47. The molecule has 0 saturated carbocycles. The minimum absolute atomic E-state index is 0.0684. The van der Waals surface area contributed by atoms with Crippen LogP contribution in [0, 0.1) is 0 Å². The highest BCUT2D eigenvalue weighted by Crippen LogP contribution is 2.08. The molecular formula is C21H28N2O7. The van der Waals surface area contributed by atoms with Crippen molar-refractivity contribution in [3.63, 3.8) is 0 Å². The Morgan fingerprint density at radius 2 is 1.70 bits per heavy atom. The molecular weight excluding hydrogens is 392 g/mol. The fourth-order valence-corrected chi connectivity index (χ4v) is 2.10. The normalized spacial score (nSPS) is 10.9. The van der Waals surface area contributed by atoms with Crippen LogP contribution in [0.5, 0.6) is 0 Å². The van der Waals surface area contributed by atoms with Crippen molar-refractivity contribution in [1.29, 1.82) is 0 Å². The van der Waals surface area contributed by atoms with E-state index in [-0.39, 0.29) is 12.1 Å². The van der Waals surface area contributed by atoms with Gasteiger partial charge in [-0.3, -0.25) is 4.79 Å². The number of esters is 1. The third-order valence-corrected chi connectivity index (χ3v) is 3.47. The van der Waals surface area contributed by atoms with Crippen LogP contribution in [0.1, 0.15) is 44.0 Å². The van der Waals surface area contributed by atoms with E-state index < -0.39 is 29.5 Å². The first kappa shape index (κ1) is 24.7. The molecule has 30 heavy (non-hydrogen) atoms. The van der Waals surface area contributed by atoms with E-state index in [2.05, 4.69) is 10.1 Å². The third-order valence-electron chi connectivity index (χ3n) is 3.47. The molecule has 1 N–H and O–H groups in total. The Morgan fingerprint density at radius 1 is 1.03 bits per heavy atom. The van der Waals surface area contributed by atoms with Crippen molar-refractivity contribution in [3.8, 4) is 0 Å². The second-order valence-corrected chi connectivity index (χ2v) is 7.18. The van der Waals surface area contributed by atoms with Gasteiger partial charge in [0, 0.05) is 18.7 Å². The Labute approximate surface area is 175 Å². The standard InChI is InChI=1S/C21H28N2O7/c1-21(2,3)29-20(27)22-14-8-9-15-23(17(24)12-13-18(25)28-4)30-19(26)16-10-6-5-7-11-16/h5-7,10-13H,8-9,14-15H2,1-4H3,(H,22,27)/b13-12+. The number of nitrogens with zero attached hydrogens (tertiary/aromatic N) is 1. The van der Waals surface area contributed by atoms with Gasteiger partial charge in [0.05, 0.1) is 19.2 Å². The number of alkyl carbamates (subject to hydrolysis) is 1. The number of rotatable bonds is 8. The zero-order chi connectivity index (χ0) is 22.6. The first-order valence-electron chi connectivity index (χ1n) is 9.44. The van der Waals surface area contributed by atoms with Gasteiger partial charge in [0.15, 0.2) is 0 Å². The van der Waals surface area contributed by atoms with Crippen LogP contribution in [0.15, 0.2) is 42.5 Å². The molecule has 0 unspecified atom stereocenters. The van der Waals surface area contributed by atoms with Crippen LogP contribution >= 0.6 is 0 Å². The number of hydroxylamine groups is 2. The van der Waals surface area contributed by atoms with Gasteiger partial charge < -0.3 is 19.6 Å². The number of carbonyl (C=O) groups is 4. The van der Waals surface area contributed by atoms with Crippen molar-refractivity contribution in [2.24, 2.45) is 0 Å². The maximum atomic E-state index is 12.3. The Kier molecular flexibility index (Phi) is 10.1. The lowest BCUT2D eigenvalue weighted by atomic mass is 10.2. The average molecular weight is 420 g/mol. The maximum absolute atomic E-state index is 12.3. The van der Waals surface area contributed by atoms with E-state index in [1.54, 1.807) is 51.1 Å². The van der Waals surface area contributed by atoms with E-state index in [0.717, 1.165) is 17.2 Å². The second-order valence-electron chi connectivity index (χ2n) is 7.18. The summed E-state index contributed by atoms with van der Waals surface area (Å²) >= 11 is 0. The number of hydrogen-bond acceptors (Lipinski definition) is 7. The smallest absolute Gasteiger partial charge is 0.407 e. The molecule has 0 bridgehead atoms. The SMILES string of the molecule is COC(=O)/C=C/C(=O)N(CCCCNC(=O)OC(C)(C)C)OC(=O)c1ccccc1. The molecule has 0 saturated heterocycles. The van der Waals surface area contributed by atoms with Gasteiger partial charge in [-0.2, -0.15) is 5.06 Å². The van der Waals surface area contributed by atoms with E-state index in [9.17, 15) is 19.2 Å². The Bertz CT molecular complexity index is 754. The van der Waals surface area contributed by atoms with Crippen molar-refractivity contribution >= 4 is 23.9 Å². The average Bonchev–Trinajstić information content (AvgIpc) is 2.69. The second kappa shape index (κ2) is 12.3. The van der Waals surface area contributed by atoms with Crippen molar-refractivity contribution in [2.45, 2.75) is 39.2 Å². The summed E-state index contributed by atoms with van der Waals surface area (Å²) in [4.78, 5) is 52.6. The molecule has 9 heteroatoms. The van der Waals surface area contributed by atoms with Crippen LogP contribution in [-0.4, -0.2) is 54.8 Å². The van der Waals surface area contributed by atoms with E-state index in [1.807, 2.05) is 0 Å². The molecule has 9 nitrogen and oxygen atoms in total. The molecule has 0 fully saturated rings. The maximum Gasteiger partial charge on any atom is 0.407 e. The summed E-state index contributed by atoms with van der Waals surface area (Å²) in [5.74, 6) is -2.11. The van der Waals surface area contributed by atoms with Crippen molar-refractivity contribution < 1.29 is 33.5 Å². The summed E-state index contributed by atoms with van der Waals surface area (Å²) in [6.45, 7) is 5.68. The number of carbonyl (C=O) groups excluding carboxylic acids is 4. The molecule has 1 aromatic rings. The van der Waals surface area contributed by atoms with Gasteiger partial charge in [-0.1, -0.05) is 18.2 Å². The quantitative estimate of drug-likeness (QED) is 0.298. The van der Waals surface area contributed by atoms with Gasteiger partial charge in [-0.15, -0.1) is 0 Å². The molecule has 0 radical (unpaired) electrons. The summed E-state index contributed by atoms with van der Waals surface area (Å²) < 4.78 is 9.58. The Hall–Kier alpha value is -3.36. The first-order valence-corrected chi connectivity index (χ1v) is 9.44. The number of nitrogens with one attached hydrogen (secondary N) is 1. The molecule has 0 aliphatic heterocycles. The van der Waals surface area contributed by atoms with Crippen LogP contribution in [0.4, 0.5) is 4.79 Å². The monoisotopic (exact) mass is 420 g/mol. The lowest BCUT2D eigenvalue weighted by Crippen LogP contribution is -2.35. The third kappa shape index (κ3) is 10.3. The fourth-order valence-electron chi connectivity index (χ4n) is 2.10. The zero-order valence-electron chi connectivity index (χ0n) is 17.7. The van der Waals surface area contributed by atoms with Crippen LogP contribution < -0.4 is 5.32 Å². The van der Waals surface area contributed by atoms with Crippen molar-refractivity contribution in [2.75, 3.05) is 20.2 Å². The van der Waals surface area contributed by atoms with E-state index >= 15 is 0 Å². The van der Waals surface area contributed by atoms with Gasteiger partial charge in [-0.25, -0.2) is 14.4 Å². The molecule has 0 aliphatic rings. The predicted molar refractivity (Wildman–Crippen MR) is 108 cm³/mol. The highest BCUT2D eigenvalue weighted by atomic mass is 16.7. The number of methoxy groups -OCH3 is 1. The van der Waals surface area contributed by atoms with E-state index in [1.165, 1.54) is 7.11 Å². The lowest BCUT2D eigenvalue weighted by molar-refractivity contribution is -0.162. The molecule has 0 heterocycles. The van der Waals surface area contributed by atoms with Crippen LogP contribution in [-0.2, 0) is 23.9 Å². The molecule has 0 atom stereocenters. The van der Waals surface area contributed by atoms with E-state index in [0.29, 0.717) is 19.4 Å². The summed E-state index contributed by atoms with van der Waals surface area (Å²) in [5.41, 5.74) is -0.316. The van der Waals surface area contributed by atoms with Crippen LogP contribution in [0.2, 0.25) is 0 Å². The molecule has 1 rings (SSSR count). The highest BCUT2D eigenvalue weighted by Gasteiger charge is 2.19. The zero-order valence-corrected chi connectivity index (χ0v) is 17.7. The molecule has 164 valence electrons. The van der Waals surface area contributed by atoms with Gasteiger partial charge in [0.2, 0.25) is 0 Å². The van der Waals surface area contributed by atoms with Gasteiger partial charge in [0.1, 0.15) is 5.60 Å². The van der Waals surface area contributed by atoms with Crippen LogP contribution in [0.3, 0.4) is 0 Å². The molecule has 0 aliphatic carbocycles. The Balaban J connectivity index is 2.61. The number of ether oxygens (including phenoxy) is 2. The number of hydrogen-bond donors (Lipinski definition) is 1. The minimum atomic E-state index is -0.709. The molecule has 0 spiro atoms. The first-order chi connectivity index (χ1) is 14.1. The minimum Gasteiger partial charge on any atom is -0.466 e. The number of unbranched alkanes of at least 4 members (excludes halogenated alkanes) is 1. The highest BCUT2D eigenvalue weighted by molar-refractivity contribution is 5.95. The Morgan fingerprint density at radius 3 is 2.30 bits per heavy atom. The lowest BCUT2D eigenvalue weighted by Gasteiger charge is -2.21. The van der Waals surface area contributed by atoms with Gasteiger partial charge >= 0.3 is 18.0 Å². The molecule has 2 amide bonds. The van der Waals surface area contributed by atoms with Crippen molar-refractivity contribution in [1.82, 2.24) is 10.4 Å². The van der Waals surface area contributed by atoms with Crippen molar-refractivity contribution in [3.05, 3.63) is 48.0 Å². The van der Waals surface area contributed by atoms with Gasteiger partial charge in [-0.05, 0) is 45.7 Å². The molecule has 1 aromatic carbocycles. The van der Waals surface area contributed by atoms with Crippen LogP contribution in [0.25, 0.3) is 0 Å².